The lowest BCUT2D eigenvalue weighted by atomic mass is 10.3. The zero-order valence-corrected chi connectivity index (χ0v) is 16.9. The van der Waals surface area contributed by atoms with Gasteiger partial charge in [0.1, 0.15) is 17.3 Å². The lowest BCUT2D eigenvalue weighted by Gasteiger charge is -2.32. The lowest BCUT2D eigenvalue weighted by Crippen LogP contribution is -2.45. The molecular weight excluding hydrogens is 356 g/mol. The predicted molar refractivity (Wildman–Crippen MR) is 109 cm³/mol. The summed E-state index contributed by atoms with van der Waals surface area (Å²) in [4.78, 5) is 34.7. The van der Waals surface area contributed by atoms with E-state index in [0.717, 1.165) is 32.0 Å². The number of amides is 1. The Bertz CT molecular complexity index is 817. The molecule has 1 amide bonds. The molecule has 0 radical (unpaired) electrons. The van der Waals surface area contributed by atoms with Crippen LogP contribution in [0.25, 0.3) is 0 Å². The van der Waals surface area contributed by atoms with E-state index in [1.54, 1.807) is 18.2 Å². The van der Waals surface area contributed by atoms with Crippen LogP contribution in [0, 0.1) is 0 Å². The molecule has 28 heavy (non-hydrogen) atoms. The van der Waals surface area contributed by atoms with Gasteiger partial charge < -0.3 is 20.4 Å². The molecule has 0 saturated carbocycles. The van der Waals surface area contributed by atoms with Gasteiger partial charge in [0.25, 0.3) is 5.91 Å². The van der Waals surface area contributed by atoms with Gasteiger partial charge in [-0.05, 0) is 33.0 Å². The van der Waals surface area contributed by atoms with Crippen molar-refractivity contribution in [2.75, 3.05) is 43.4 Å². The average molecular weight is 384 g/mol. The van der Waals surface area contributed by atoms with Crippen molar-refractivity contribution < 1.29 is 4.79 Å². The Kier molecular flexibility index (Phi) is 6.35. The first kappa shape index (κ1) is 19.9. The van der Waals surface area contributed by atoms with Crippen molar-refractivity contribution >= 4 is 23.6 Å². The molecule has 0 bridgehead atoms. The summed E-state index contributed by atoms with van der Waals surface area (Å²) in [6.07, 6.45) is 0.711. The monoisotopic (exact) mass is 384 g/mol. The van der Waals surface area contributed by atoms with Crippen LogP contribution < -0.4 is 15.5 Å². The molecule has 0 aromatic carbocycles. The zero-order chi connectivity index (χ0) is 20.1. The minimum atomic E-state index is -0.207. The maximum Gasteiger partial charge on any atom is 0.270 e. The van der Waals surface area contributed by atoms with Gasteiger partial charge in [0.15, 0.2) is 0 Å². The molecule has 1 aliphatic heterocycles. The van der Waals surface area contributed by atoms with Crippen LogP contribution in [0.5, 0.6) is 0 Å². The standard InChI is InChI=1S/C19H28N8O/c1-5-15-22-18(25-19(24-15)27-11-9-26(4)10-12-27)23-16-8-6-7-14(21-16)17(28)20-13(2)3/h6-8,13H,5,9-12H2,1-4H3,(H,20,28)(H,21,22,23,24,25). The summed E-state index contributed by atoms with van der Waals surface area (Å²) in [5.74, 6) is 2.15. The minimum Gasteiger partial charge on any atom is -0.349 e. The van der Waals surface area contributed by atoms with Crippen LogP contribution in [0.3, 0.4) is 0 Å². The molecule has 9 nitrogen and oxygen atoms in total. The van der Waals surface area contributed by atoms with Gasteiger partial charge in [-0.2, -0.15) is 15.0 Å². The highest BCUT2D eigenvalue weighted by molar-refractivity contribution is 5.92. The summed E-state index contributed by atoms with van der Waals surface area (Å²) in [5.41, 5.74) is 0.350. The summed E-state index contributed by atoms with van der Waals surface area (Å²) in [6.45, 7) is 9.56. The largest absolute Gasteiger partial charge is 0.349 e. The molecule has 0 atom stereocenters. The highest BCUT2D eigenvalue weighted by atomic mass is 16.1. The smallest absolute Gasteiger partial charge is 0.270 e. The normalized spacial score (nSPS) is 15.0. The van der Waals surface area contributed by atoms with E-state index in [1.807, 2.05) is 20.8 Å². The number of hydrogen-bond donors (Lipinski definition) is 2. The molecule has 2 N–H and O–H groups in total. The zero-order valence-electron chi connectivity index (χ0n) is 16.9. The first-order valence-electron chi connectivity index (χ1n) is 9.68. The van der Waals surface area contributed by atoms with Crippen LogP contribution in [0.4, 0.5) is 17.7 Å². The molecule has 9 heteroatoms. The number of anilines is 3. The summed E-state index contributed by atoms with van der Waals surface area (Å²) in [7, 11) is 2.11. The fraction of sp³-hybridized carbons (Fsp3) is 0.526. The highest BCUT2D eigenvalue weighted by Crippen LogP contribution is 2.16. The van der Waals surface area contributed by atoms with Crippen molar-refractivity contribution in [1.29, 1.82) is 0 Å². The van der Waals surface area contributed by atoms with Gasteiger partial charge in [-0.15, -0.1) is 0 Å². The fourth-order valence-electron chi connectivity index (χ4n) is 2.85. The second-order valence-electron chi connectivity index (χ2n) is 7.18. The molecule has 1 fully saturated rings. The van der Waals surface area contributed by atoms with Crippen LogP contribution >= 0.6 is 0 Å². The Labute approximate surface area is 165 Å². The van der Waals surface area contributed by atoms with Gasteiger partial charge in [-0.1, -0.05) is 13.0 Å². The van der Waals surface area contributed by atoms with Crippen molar-refractivity contribution in [3.05, 3.63) is 29.7 Å². The van der Waals surface area contributed by atoms with Gasteiger partial charge in [0.2, 0.25) is 11.9 Å². The molecular formula is C19H28N8O. The average Bonchev–Trinajstić information content (AvgIpc) is 2.68. The summed E-state index contributed by atoms with van der Waals surface area (Å²) >= 11 is 0. The van der Waals surface area contributed by atoms with Crippen LogP contribution in [-0.4, -0.2) is 70.0 Å². The van der Waals surface area contributed by atoms with E-state index < -0.39 is 0 Å². The van der Waals surface area contributed by atoms with E-state index in [0.29, 0.717) is 29.8 Å². The van der Waals surface area contributed by atoms with Gasteiger partial charge in [-0.25, -0.2) is 4.98 Å². The number of pyridine rings is 1. The number of nitrogens with zero attached hydrogens (tertiary/aromatic N) is 6. The Balaban J connectivity index is 1.80. The van der Waals surface area contributed by atoms with E-state index in [1.165, 1.54) is 0 Å². The SMILES string of the molecule is CCc1nc(Nc2cccc(C(=O)NC(C)C)n2)nc(N2CCN(C)CC2)n1. The first-order chi connectivity index (χ1) is 13.4. The van der Waals surface area contributed by atoms with Crippen molar-refractivity contribution in [1.82, 2.24) is 30.2 Å². The van der Waals surface area contributed by atoms with Gasteiger partial charge in [0, 0.05) is 38.6 Å². The molecule has 0 aliphatic carbocycles. The Morgan fingerprint density at radius 1 is 1.11 bits per heavy atom. The minimum absolute atomic E-state index is 0.0488. The number of likely N-dealkylation sites (N-methyl/N-ethyl adjacent to an activating group) is 1. The topological polar surface area (TPSA) is 99.2 Å². The van der Waals surface area contributed by atoms with Crippen molar-refractivity contribution in [2.24, 2.45) is 0 Å². The number of carbonyl (C=O) groups excluding carboxylic acids is 1. The predicted octanol–water partition coefficient (Wildman–Crippen LogP) is 1.46. The van der Waals surface area contributed by atoms with Crippen molar-refractivity contribution in [3.8, 4) is 0 Å². The second kappa shape index (κ2) is 8.92. The highest BCUT2D eigenvalue weighted by Gasteiger charge is 2.18. The maximum atomic E-state index is 12.2. The fourth-order valence-corrected chi connectivity index (χ4v) is 2.85. The van der Waals surface area contributed by atoms with E-state index in [9.17, 15) is 4.79 Å². The van der Waals surface area contributed by atoms with Crippen LogP contribution in [-0.2, 0) is 6.42 Å². The number of aryl methyl sites for hydroxylation is 1. The van der Waals surface area contributed by atoms with E-state index in [4.69, 9.17) is 0 Å². The molecule has 150 valence electrons. The second-order valence-corrected chi connectivity index (χ2v) is 7.18. The third-order valence-corrected chi connectivity index (χ3v) is 4.41. The van der Waals surface area contributed by atoms with Gasteiger partial charge in [-0.3, -0.25) is 4.79 Å². The lowest BCUT2D eigenvalue weighted by molar-refractivity contribution is 0.0938. The molecule has 1 saturated heterocycles. The summed E-state index contributed by atoms with van der Waals surface area (Å²) < 4.78 is 0. The Hall–Kier alpha value is -2.81. The quantitative estimate of drug-likeness (QED) is 0.772. The summed E-state index contributed by atoms with van der Waals surface area (Å²) in [6, 6.07) is 5.31. The molecule has 0 unspecified atom stereocenters. The molecule has 2 aromatic rings. The summed E-state index contributed by atoms with van der Waals surface area (Å²) in [5, 5.41) is 5.97. The number of piperazine rings is 1. The third kappa shape index (κ3) is 5.13. The molecule has 0 spiro atoms. The Morgan fingerprint density at radius 2 is 1.86 bits per heavy atom. The number of aromatic nitrogens is 4. The third-order valence-electron chi connectivity index (χ3n) is 4.41. The maximum absolute atomic E-state index is 12.2. The number of hydrogen-bond acceptors (Lipinski definition) is 8. The van der Waals surface area contributed by atoms with E-state index in [-0.39, 0.29) is 11.9 Å². The van der Waals surface area contributed by atoms with E-state index >= 15 is 0 Å². The van der Waals surface area contributed by atoms with E-state index in [2.05, 4.69) is 47.4 Å². The Morgan fingerprint density at radius 3 is 2.54 bits per heavy atom. The molecule has 1 aliphatic rings. The molecule has 2 aromatic heterocycles. The van der Waals surface area contributed by atoms with Gasteiger partial charge >= 0.3 is 0 Å². The van der Waals surface area contributed by atoms with Crippen LogP contribution in [0.15, 0.2) is 18.2 Å². The number of carbonyl (C=O) groups is 1. The van der Waals surface area contributed by atoms with Crippen LogP contribution in [0.1, 0.15) is 37.1 Å². The molecule has 3 rings (SSSR count). The van der Waals surface area contributed by atoms with Crippen LogP contribution in [0.2, 0.25) is 0 Å². The van der Waals surface area contributed by atoms with Crippen molar-refractivity contribution in [3.63, 3.8) is 0 Å². The first-order valence-corrected chi connectivity index (χ1v) is 9.68. The van der Waals surface area contributed by atoms with Gasteiger partial charge in [0.05, 0.1) is 0 Å². The molecule has 3 heterocycles. The number of nitrogens with one attached hydrogen (secondary N) is 2. The number of rotatable bonds is 6. The van der Waals surface area contributed by atoms with Crippen molar-refractivity contribution in [2.45, 2.75) is 33.2 Å².